The molecule has 90 valence electrons. The molecule has 0 bridgehead atoms. The molecule has 4 N–H and O–H groups in total. The summed E-state index contributed by atoms with van der Waals surface area (Å²) in [5, 5.41) is 18.0. The normalized spacial score (nSPS) is 10.1. The van der Waals surface area contributed by atoms with Crippen molar-refractivity contribution in [1.29, 1.82) is 0 Å². The van der Waals surface area contributed by atoms with Gasteiger partial charge in [-0.1, -0.05) is 36.4 Å². The molecule has 0 atom stereocenters. The number of benzene rings is 2. The van der Waals surface area contributed by atoms with E-state index in [1.807, 2.05) is 0 Å². The van der Waals surface area contributed by atoms with E-state index in [1.165, 1.54) is 0 Å². The lowest BCUT2D eigenvalue weighted by molar-refractivity contribution is 0.100. The molecule has 0 saturated carbocycles. The molecule has 0 aliphatic carbocycles. The SMILES string of the molecule is NC(=O)c1ccc(-c2ccc(B(O)O)cc2)cc1. The number of hydrogen-bond donors (Lipinski definition) is 3. The maximum absolute atomic E-state index is 10.9. The molecule has 0 fully saturated rings. The summed E-state index contributed by atoms with van der Waals surface area (Å²) < 4.78 is 0. The van der Waals surface area contributed by atoms with Gasteiger partial charge >= 0.3 is 7.12 Å². The van der Waals surface area contributed by atoms with Crippen LogP contribution >= 0.6 is 0 Å². The van der Waals surface area contributed by atoms with E-state index in [0.29, 0.717) is 11.0 Å². The van der Waals surface area contributed by atoms with E-state index in [1.54, 1.807) is 48.5 Å². The van der Waals surface area contributed by atoms with Gasteiger partial charge in [-0.25, -0.2) is 0 Å². The highest BCUT2D eigenvalue weighted by molar-refractivity contribution is 6.58. The summed E-state index contributed by atoms with van der Waals surface area (Å²) in [6, 6.07) is 13.8. The van der Waals surface area contributed by atoms with Gasteiger partial charge in [-0.2, -0.15) is 0 Å². The molecular weight excluding hydrogens is 229 g/mol. The number of carbonyl (C=O) groups excluding carboxylic acids is 1. The Kier molecular flexibility index (Phi) is 3.46. The zero-order chi connectivity index (χ0) is 13.1. The van der Waals surface area contributed by atoms with Gasteiger partial charge in [0.2, 0.25) is 5.91 Å². The fourth-order valence-corrected chi connectivity index (χ4v) is 1.67. The Morgan fingerprint density at radius 1 is 0.889 bits per heavy atom. The molecule has 0 spiro atoms. The van der Waals surface area contributed by atoms with E-state index in [9.17, 15) is 4.79 Å². The van der Waals surface area contributed by atoms with Gasteiger partial charge in [-0.05, 0) is 28.7 Å². The van der Waals surface area contributed by atoms with Gasteiger partial charge in [0.25, 0.3) is 0 Å². The van der Waals surface area contributed by atoms with Gasteiger partial charge in [0, 0.05) is 5.56 Å². The first-order chi connectivity index (χ1) is 8.58. The minimum atomic E-state index is -1.46. The monoisotopic (exact) mass is 241 g/mol. The number of hydrogen-bond acceptors (Lipinski definition) is 3. The van der Waals surface area contributed by atoms with Gasteiger partial charge in [-0.3, -0.25) is 4.79 Å². The summed E-state index contributed by atoms with van der Waals surface area (Å²) in [7, 11) is -1.46. The molecule has 1 amide bonds. The second kappa shape index (κ2) is 5.04. The van der Waals surface area contributed by atoms with E-state index in [-0.39, 0.29) is 0 Å². The summed E-state index contributed by atoms with van der Waals surface area (Å²) in [5.41, 5.74) is 7.91. The fraction of sp³-hybridized carbons (Fsp3) is 0. The molecule has 4 nitrogen and oxygen atoms in total. The van der Waals surface area contributed by atoms with Gasteiger partial charge in [0.05, 0.1) is 0 Å². The van der Waals surface area contributed by atoms with Crippen LogP contribution in [-0.2, 0) is 0 Å². The van der Waals surface area contributed by atoms with Crippen molar-refractivity contribution in [3.63, 3.8) is 0 Å². The summed E-state index contributed by atoms with van der Waals surface area (Å²) in [6.07, 6.45) is 0. The van der Waals surface area contributed by atoms with E-state index in [2.05, 4.69) is 0 Å². The first-order valence-electron chi connectivity index (χ1n) is 5.44. The Morgan fingerprint density at radius 2 is 1.33 bits per heavy atom. The maximum atomic E-state index is 10.9. The van der Waals surface area contributed by atoms with Crippen LogP contribution in [0.25, 0.3) is 11.1 Å². The van der Waals surface area contributed by atoms with Gasteiger partial charge in [0.1, 0.15) is 0 Å². The van der Waals surface area contributed by atoms with Crippen LogP contribution in [0.15, 0.2) is 48.5 Å². The van der Waals surface area contributed by atoms with Crippen molar-refractivity contribution < 1.29 is 14.8 Å². The minimum absolute atomic E-state index is 0.438. The number of primary amides is 1. The van der Waals surface area contributed by atoms with Crippen molar-refractivity contribution in [3.05, 3.63) is 54.1 Å². The van der Waals surface area contributed by atoms with Crippen LogP contribution in [0, 0.1) is 0 Å². The summed E-state index contributed by atoms with van der Waals surface area (Å²) in [6.45, 7) is 0. The summed E-state index contributed by atoms with van der Waals surface area (Å²) >= 11 is 0. The second-order valence-electron chi connectivity index (χ2n) is 3.94. The minimum Gasteiger partial charge on any atom is -0.423 e. The van der Waals surface area contributed by atoms with Crippen molar-refractivity contribution in [1.82, 2.24) is 0 Å². The summed E-state index contributed by atoms with van der Waals surface area (Å²) in [5.74, 6) is -0.458. The lowest BCUT2D eigenvalue weighted by Crippen LogP contribution is -2.29. The predicted octanol–water partition coefficient (Wildman–Crippen LogP) is 0.132. The molecule has 2 aromatic carbocycles. The van der Waals surface area contributed by atoms with Gasteiger partial charge < -0.3 is 15.8 Å². The lowest BCUT2D eigenvalue weighted by atomic mass is 9.80. The predicted molar refractivity (Wildman–Crippen MR) is 70.2 cm³/mol. The molecule has 0 aliphatic rings. The Morgan fingerprint density at radius 3 is 1.72 bits per heavy atom. The van der Waals surface area contributed by atoms with Crippen LogP contribution in [0.5, 0.6) is 0 Å². The molecular formula is C13H12BNO3. The molecule has 2 rings (SSSR count). The van der Waals surface area contributed by atoms with Crippen LogP contribution < -0.4 is 11.2 Å². The van der Waals surface area contributed by atoms with Crippen molar-refractivity contribution in [2.75, 3.05) is 0 Å². The van der Waals surface area contributed by atoms with Crippen LogP contribution in [0.4, 0.5) is 0 Å². The van der Waals surface area contributed by atoms with Gasteiger partial charge in [0.15, 0.2) is 0 Å². The molecule has 0 radical (unpaired) electrons. The smallest absolute Gasteiger partial charge is 0.423 e. The number of amides is 1. The van der Waals surface area contributed by atoms with Crippen molar-refractivity contribution in [2.24, 2.45) is 5.73 Å². The standard InChI is InChI=1S/C13H12BNO3/c15-13(16)11-3-1-9(2-4-11)10-5-7-12(8-6-10)14(17)18/h1-8,17-18H,(H2,15,16). The Balaban J connectivity index is 2.28. The lowest BCUT2D eigenvalue weighted by Gasteiger charge is -2.04. The fourth-order valence-electron chi connectivity index (χ4n) is 1.67. The average molecular weight is 241 g/mol. The molecule has 0 aliphatic heterocycles. The third-order valence-corrected chi connectivity index (χ3v) is 2.71. The Bertz CT molecular complexity index is 549. The molecule has 0 aromatic heterocycles. The molecule has 0 heterocycles. The van der Waals surface area contributed by atoms with Crippen molar-refractivity contribution in [2.45, 2.75) is 0 Å². The average Bonchev–Trinajstić information content (AvgIpc) is 2.39. The van der Waals surface area contributed by atoms with E-state index in [0.717, 1.165) is 11.1 Å². The van der Waals surface area contributed by atoms with Gasteiger partial charge in [-0.15, -0.1) is 0 Å². The molecule has 5 heteroatoms. The molecule has 2 aromatic rings. The maximum Gasteiger partial charge on any atom is 0.488 e. The van der Waals surface area contributed by atoms with Crippen LogP contribution in [0.2, 0.25) is 0 Å². The third-order valence-electron chi connectivity index (χ3n) is 2.71. The molecule has 18 heavy (non-hydrogen) atoms. The topological polar surface area (TPSA) is 83.6 Å². The highest BCUT2D eigenvalue weighted by atomic mass is 16.4. The second-order valence-corrected chi connectivity index (χ2v) is 3.94. The zero-order valence-electron chi connectivity index (χ0n) is 9.58. The number of nitrogens with two attached hydrogens (primary N) is 1. The number of rotatable bonds is 3. The van der Waals surface area contributed by atoms with Crippen LogP contribution in [0.3, 0.4) is 0 Å². The highest BCUT2D eigenvalue weighted by Crippen LogP contribution is 2.18. The Labute approximate surface area is 105 Å². The van der Waals surface area contributed by atoms with E-state index in [4.69, 9.17) is 15.8 Å². The largest absolute Gasteiger partial charge is 0.488 e. The first kappa shape index (κ1) is 12.4. The quantitative estimate of drug-likeness (QED) is 0.668. The molecule has 0 unspecified atom stereocenters. The third kappa shape index (κ3) is 2.59. The number of carbonyl (C=O) groups is 1. The summed E-state index contributed by atoms with van der Waals surface area (Å²) in [4.78, 5) is 10.9. The van der Waals surface area contributed by atoms with Crippen molar-refractivity contribution in [3.8, 4) is 11.1 Å². The van der Waals surface area contributed by atoms with E-state index < -0.39 is 13.0 Å². The van der Waals surface area contributed by atoms with E-state index >= 15 is 0 Å². The Hall–Kier alpha value is -2.11. The molecule has 0 saturated heterocycles. The first-order valence-corrected chi connectivity index (χ1v) is 5.44. The zero-order valence-corrected chi connectivity index (χ0v) is 9.58. The van der Waals surface area contributed by atoms with Crippen LogP contribution in [-0.4, -0.2) is 23.1 Å². The van der Waals surface area contributed by atoms with Crippen molar-refractivity contribution >= 4 is 18.5 Å². The van der Waals surface area contributed by atoms with Crippen LogP contribution in [0.1, 0.15) is 10.4 Å². The highest BCUT2D eigenvalue weighted by Gasteiger charge is 2.10.